The molecule has 1 aromatic heterocycles. The molecule has 3 nitrogen and oxygen atoms in total. The average Bonchev–Trinajstić information content (AvgIpc) is 2.97. The lowest BCUT2D eigenvalue weighted by Gasteiger charge is -2.13. The first-order chi connectivity index (χ1) is 13.5. The van der Waals surface area contributed by atoms with Gasteiger partial charge in [-0.2, -0.15) is 0 Å². The fourth-order valence-corrected chi connectivity index (χ4v) is 3.85. The fourth-order valence-electron chi connectivity index (χ4n) is 3.85. The van der Waals surface area contributed by atoms with Crippen molar-refractivity contribution in [3.63, 3.8) is 0 Å². The van der Waals surface area contributed by atoms with E-state index in [-0.39, 0.29) is 5.82 Å². The van der Waals surface area contributed by atoms with Crippen LogP contribution in [0.2, 0.25) is 0 Å². The molecule has 0 spiro atoms. The standard InChI is InChI=1S/C24H27FN2O/c1-3-4-13-21-23(19-11-8-12-20(25)16-19)22(24(26)28)17(2)27(21)15-14-18-9-6-5-7-10-18/h5-12,16H,3-4,13-15H2,1-2H3,(H2,26,28). The van der Waals surface area contributed by atoms with Crippen molar-refractivity contribution in [1.29, 1.82) is 0 Å². The molecule has 0 aliphatic rings. The van der Waals surface area contributed by atoms with E-state index in [0.29, 0.717) is 11.1 Å². The maximum Gasteiger partial charge on any atom is 0.251 e. The molecule has 146 valence electrons. The number of unbranched alkanes of at least 4 members (excludes halogenated alkanes) is 1. The van der Waals surface area contributed by atoms with Crippen LogP contribution in [0.1, 0.15) is 47.1 Å². The van der Waals surface area contributed by atoms with Gasteiger partial charge in [0.05, 0.1) is 5.56 Å². The Morgan fingerprint density at radius 3 is 2.46 bits per heavy atom. The number of primary amides is 1. The zero-order valence-electron chi connectivity index (χ0n) is 16.5. The van der Waals surface area contributed by atoms with E-state index in [2.05, 4.69) is 23.6 Å². The Kier molecular flexibility index (Phi) is 6.30. The summed E-state index contributed by atoms with van der Waals surface area (Å²) in [7, 11) is 0. The van der Waals surface area contributed by atoms with E-state index in [9.17, 15) is 9.18 Å². The monoisotopic (exact) mass is 378 g/mol. The molecular weight excluding hydrogens is 351 g/mol. The van der Waals surface area contributed by atoms with Gasteiger partial charge in [0.2, 0.25) is 0 Å². The number of hydrogen-bond donors (Lipinski definition) is 1. The summed E-state index contributed by atoms with van der Waals surface area (Å²) < 4.78 is 16.1. The Bertz CT molecular complexity index is 960. The number of amides is 1. The number of benzene rings is 2. The molecule has 28 heavy (non-hydrogen) atoms. The smallest absolute Gasteiger partial charge is 0.251 e. The predicted octanol–water partition coefficient (Wildman–Crippen LogP) is 5.29. The van der Waals surface area contributed by atoms with Crippen molar-refractivity contribution in [2.75, 3.05) is 0 Å². The van der Waals surface area contributed by atoms with Crippen LogP contribution < -0.4 is 5.73 Å². The lowest BCUT2D eigenvalue weighted by molar-refractivity contribution is 0.1000. The van der Waals surface area contributed by atoms with Crippen molar-refractivity contribution in [2.24, 2.45) is 5.73 Å². The third-order valence-corrected chi connectivity index (χ3v) is 5.22. The Hall–Kier alpha value is -2.88. The van der Waals surface area contributed by atoms with Crippen molar-refractivity contribution in [2.45, 2.75) is 46.1 Å². The van der Waals surface area contributed by atoms with Gasteiger partial charge in [-0.1, -0.05) is 55.8 Å². The number of nitrogens with two attached hydrogens (primary N) is 1. The largest absolute Gasteiger partial charge is 0.366 e. The van der Waals surface area contributed by atoms with Crippen LogP contribution in [0.15, 0.2) is 54.6 Å². The number of carbonyl (C=O) groups excluding carboxylic acids is 1. The van der Waals surface area contributed by atoms with E-state index in [1.165, 1.54) is 17.7 Å². The maximum atomic E-state index is 13.9. The second-order valence-corrected chi connectivity index (χ2v) is 7.15. The number of carbonyl (C=O) groups is 1. The summed E-state index contributed by atoms with van der Waals surface area (Å²) in [5, 5.41) is 0. The molecule has 3 aromatic rings. The Morgan fingerprint density at radius 1 is 1.07 bits per heavy atom. The highest BCUT2D eigenvalue weighted by atomic mass is 19.1. The number of halogens is 1. The van der Waals surface area contributed by atoms with Crippen molar-refractivity contribution >= 4 is 5.91 Å². The van der Waals surface area contributed by atoms with E-state index >= 15 is 0 Å². The van der Waals surface area contributed by atoms with Crippen molar-refractivity contribution in [1.82, 2.24) is 4.57 Å². The number of hydrogen-bond acceptors (Lipinski definition) is 1. The Labute approximate surface area is 166 Å². The van der Waals surface area contributed by atoms with Gasteiger partial charge in [-0.05, 0) is 49.4 Å². The summed E-state index contributed by atoms with van der Waals surface area (Å²) in [5.41, 5.74) is 10.9. The SMILES string of the molecule is CCCCc1c(-c2cccc(F)c2)c(C(N)=O)c(C)n1CCc1ccccc1. The van der Waals surface area contributed by atoms with Gasteiger partial charge in [0, 0.05) is 23.5 Å². The highest BCUT2D eigenvalue weighted by Gasteiger charge is 2.24. The molecule has 2 aromatic carbocycles. The van der Waals surface area contributed by atoms with Crippen LogP contribution in [0.3, 0.4) is 0 Å². The molecule has 1 amide bonds. The van der Waals surface area contributed by atoms with Gasteiger partial charge in [-0.3, -0.25) is 4.79 Å². The Balaban J connectivity index is 2.12. The lowest BCUT2D eigenvalue weighted by atomic mass is 9.97. The minimum absolute atomic E-state index is 0.316. The topological polar surface area (TPSA) is 48.0 Å². The number of nitrogens with zero attached hydrogens (tertiary/aromatic N) is 1. The first-order valence-corrected chi connectivity index (χ1v) is 9.84. The van der Waals surface area contributed by atoms with Crippen LogP contribution in [-0.2, 0) is 19.4 Å². The van der Waals surface area contributed by atoms with Crippen molar-refractivity contribution < 1.29 is 9.18 Å². The second-order valence-electron chi connectivity index (χ2n) is 7.15. The maximum absolute atomic E-state index is 13.9. The van der Waals surface area contributed by atoms with Crippen LogP contribution in [0, 0.1) is 12.7 Å². The normalized spacial score (nSPS) is 11.0. The summed E-state index contributed by atoms with van der Waals surface area (Å²) in [4.78, 5) is 12.3. The van der Waals surface area contributed by atoms with Gasteiger partial charge in [0.1, 0.15) is 5.82 Å². The van der Waals surface area contributed by atoms with Gasteiger partial charge in [0.25, 0.3) is 5.91 Å². The van der Waals surface area contributed by atoms with Crippen LogP contribution in [0.4, 0.5) is 4.39 Å². The highest BCUT2D eigenvalue weighted by Crippen LogP contribution is 2.34. The molecule has 0 saturated heterocycles. The molecule has 0 radical (unpaired) electrons. The van der Waals surface area contributed by atoms with Crippen LogP contribution in [-0.4, -0.2) is 10.5 Å². The van der Waals surface area contributed by atoms with E-state index in [1.54, 1.807) is 6.07 Å². The molecule has 3 rings (SSSR count). The quantitative estimate of drug-likeness (QED) is 0.569. The first-order valence-electron chi connectivity index (χ1n) is 9.84. The van der Waals surface area contributed by atoms with Crippen LogP contribution in [0.25, 0.3) is 11.1 Å². The summed E-state index contributed by atoms with van der Waals surface area (Å²) in [5.74, 6) is -0.781. The molecule has 0 unspecified atom stereocenters. The lowest BCUT2D eigenvalue weighted by Crippen LogP contribution is -2.14. The molecule has 0 atom stereocenters. The second kappa shape index (κ2) is 8.87. The zero-order chi connectivity index (χ0) is 20.1. The molecule has 0 fully saturated rings. The molecule has 0 saturated carbocycles. The molecule has 2 N–H and O–H groups in total. The first kappa shape index (κ1) is 19.9. The van der Waals surface area contributed by atoms with E-state index in [0.717, 1.165) is 49.2 Å². The van der Waals surface area contributed by atoms with Gasteiger partial charge in [-0.25, -0.2) is 4.39 Å². The minimum atomic E-state index is -0.465. The van der Waals surface area contributed by atoms with E-state index < -0.39 is 5.91 Å². The van der Waals surface area contributed by atoms with Gasteiger partial charge in [-0.15, -0.1) is 0 Å². The zero-order valence-corrected chi connectivity index (χ0v) is 16.5. The van der Waals surface area contributed by atoms with Gasteiger partial charge >= 0.3 is 0 Å². The minimum Gasteiger partial charge on any atom is -0.366 e. The predicted molar refractivity (Wildman–Crippen MR) is 112 cm³/mol. The average molecular weight is 378 g/mol. The Morgan fingerprint density at radius 2 is 1.82 bits per heavy atom. The number of aromatic nitrogens is 1. The van der Waals surface area contributed by atoms with Crippen LogP contribution >= 0.6 is 0 Å². The van der Waals surface area contributed by atoms with Gasteiger partial charge in [0.15, 0.2) is 0 Å². The van der Waals surface area contributed by atoms with Crippen molar-refractivity contribution in [3.05, 3.63) is 82.9 Å². The third kappa shape index (κ3) is 4.16. The molecule has 0 aliphatic carbocycles. The van der Waals surface area contributed by atoms with Crippen LogP contribution in [0.5, 0.6) is 0 Å². The van der Waals surface area contributed by atoms with Gasteiger partial charge < -0.3 is 10.3 Å². The summed E-state index contributed by atoms with van der Waals surface area (Å²) >= 11 is 0. The third-order valence-electron chi connectivity index (χ3n) is 5.22. The number of rotatable bonds is 8. The summed E-state index contributed by atoms with van der Waals surface area (Å²) in [6, 6.07) is 16.7. The molecular formula is C24H27FN2O. The molecule has 0 bridgehead atoms. The van der Waals surface area contributed by atoms with E-state index in [4.69, 9.17) is 5.73 Å². The fraction of sp³-hybridized carbons (Fsp3) is 0.292. The summed E-state index contributed by atoms with van der Waals surface area (Å²) in [6.45, 7) is 4.83. The van der Waals surface area contributed by atoms with Crippen molar-refractivity contribution in [3.8, 4) is 11.1 Å². The summed E-state index contributed by atoms with van der Waals surface area (Å²) in [6.07, 6.45) is 3.72. The number of aryl methyl sites for hydroxylation is 1. The molecule has 4 heteroatoms. The molecule has 1 heterocycles. The highest BCUT2D eigenvalue weighted by molar-refractivity contribution is 6.02. The molecule has 0 aliphatic heterocycles. The van der Waals surface area contributed by atoms with E-state index in [1.807, 2.05) is 31.2 Å².